The van der Waals surface area contributed by atoms with Crippen molar-refractivity contribution in [1.82, 2.24) is 5.32 Å². The van der Waals surface area contributed by atoms with E-state index in [0.29, 0.717) is 29.2 Å². The van der Waals surface area contributed by atoms with E-state index in [0.717, 1.165) is 17.3 Å². The van der Waals surface area contributed by atoms with Crippen LogP contribution >= 0.6 is 15.9 Å². The molecule has 1 aliphatic rings. The molecular formula is C22H25BrN2O3. The maximum absolute atomic E-state index is 12.5. The van der Waals surface area contributed by atoms with Crippen LogP contribution in [0.5, 0.6) is 5.75 Å². The molecular weight excluding hydrogens is 420 g/mol. The minimum absolute atomic E-state index is 0.0554. The van der Waals surface area contributed by atoms with Crippen molar-refractivity contribution in [3.63, 3.8) is 0 Å². The second-order valence-electron chi connectivity index (χ2n) is 6.92. The van der Waals surface area contributed by atoms with Crippen LogP contribution in [-0.2, 0) is 0 Å². The Morgan fingerprint density at radius 2 is 1.68 bits per heavy atom. The van der Waals surface area contributed by atoms with Crippen LogP contribution < -0.4 is 15.4 Å². The highest BCUT2D eigenvalue weighted by molar-refractivity contribution is 9.10. The molecule has 1 aliphatic carbocycles. The van der Waals surface area contributed by atoms with E-state index in [9.17, 15) is 9.59 Å². The number of carbonyl (C=O) groups is 2. The van der Waals surface area contributed by atoms with Crippen molar-refractivity contribution < 1.29 is 14.3 Å². The fourth-order valence-electron chi connectivity index (χ4n) is 3.34. The summed E-state index contributed by atoms with van der Waals surface area (Å²) in [5, 5.41) is 5.95. The molecule has 6 heteroatoms. The first kappa shape index (κ1) is 20.4. The first-order valence-corrected chi connectivity index (χ1v) is 10.5. The normalized spacial score (nSPS) is 14.4. The van der Waals surface area contributed by atoms with Gasteiger partial charge in [0.05, 0.1) is 11.1 Å². The highest BCUT2D eigenvalue weighted by Crippen LogP contribution is 2.26. The third-order valence-corrected chi connectivity index (χ3v) is 5.46. The van der Waals surface area contributed by atoms with Crippen molar-refractivity contribution in [2.24, 2.45) is 0 Å². The lowest BCUT2D eigenvalue weighted by molar-refractivity contribution is 0.0927. The minimum atomic E-state index is -0.219. The van der Waals surface area contributed by atoms with Gasteiger partial charge in [-0.05, 0) is 78.2 Å². The van der Waals surface area contributed by atoms with Crippen LogP contribution in [0.4, 0.5) is 5.69 Å². The molecule has 148 valence electrons. The van der Waals surface area contributed by atoms with Crippen molar-refractivity contribution in [1.29, 1.82) is 0 Å². The fourth-order valence-corrected chi connectivity index (χ4v) is 3.83. The number of rotatable bonds is 6. The predicted molar refractivity (Wildman–Crippen MR) is 114 cm³/mol. The van der Waals surface area contributed by atoms with Crippen molar-refractivity contribution in [3.05, 3.63) is 58.1 Å². The number of carbonyl (C=O) groups excluding carboxylic acids is 2. The van der Waals surface area contributed by atoms with Crippen molar-refractivity contribution in [2.75, 3.05) is 11.9 Å². The average Bonchev–Trinajstić information content (AvgIpc) is 2.71. The summed E-state index contributed by atoms with van der Waals surface area (Å²) in [5.41, 5.74) is 1.77. The van der Waals surface area contributed by atoms with Gasteiger partial charge >= 0.3 is 0 Å². The Morgan fingerprint density at radius 1 is 1.00 bits per heavy atom. The molecule has 0 aromatic heterocycles. The summed E-state index contributed by atoms with van der Waals surface area (Å²) in [6.45, 7) is 2.47. The smallest absolute Gasteiger partial charge is 0.255 e. The SMILES string of the molecule is CCOc1ccc(C(=O)Nc2ccc(C(=O)NC3CCCCC3)cc2)cc1Br. The third kappa shape index (κ3) is 5.35. The molecule has 1 fully saturated rings. The van der Waals surface area contributed by atoms with Crippen LogP contribution in [0.15, 0.2) is 46.9 Å². The number of hydrogen-bond acceptors (Lipinski definition) is 3. The lowest BCUT2D eigenvalue weighted by Crippen LogP contribution is -2.36. The van der Waals surface area contributed by atoms with Crippen LogP contribution in [0.1, 0.15) is 59.7 Å². The zero-order valence-corrected chi connectivity index (χ0v) is 17.6. The molecule has 2 aromatic carbocycles. The highest BCUT2D eigenvalue weighted by atomic mass is 79.9. The highest BCUT2D eigenvalue weighted by Gasteiger charge is 2.16. The van der Waals surface area contributed by atoms with Gasteiger partial charge in [-0.15, -0.1) is 0 Å². The first-order valence-electron chi connectivity index (χ1n) is 9.71. The van der Waals surface area contributed by atoms with Gasteiger partial charge in [0.15, 0.2) is 0 Å². The van der Waals surface area contributed by atoms with Gasteiger partial charge in [-0.25, -0.2) is 0 Å². The van der Waals surface area contributed by atoms with Gasteiger partial charge < -0.3 is 15.4 Å². The molecule has 0 aliphatic heterocycles. The number of nitrogens with one attached hydrogen (secondary N) is 2. The Labute approximate surface area is 174 Å². The molecule has 5 nitrogen and oxygen atoms in total. The van der Waals surface area contributed by atoms with E-state index in [-0.39, 0.29) is 17.9 Å². The molecule has 0 unspecified atom stereocenters. The van der Waals surface area contributed by atoms with Gasteiger partial charge in [0.1, 0.15) is 5.75 Å². The summed E-state index contributed by atoms with van der Waals surface area (Å²) in [4.78, 5) is 24.8. The summed E-state index contributed by atoms with van der Waals surface area (Å²) in [6, 6.07) is 12.5. The Hall–Kier alpha value is -2.34. The Morgan fingerprint density at radius 3 is 2.32 bits per heavy atom. The second-order valence-corrected chi connectivity index (χ2v) is 7.77. The van der Waals surface area contributed by atoms with E-state index in [1.54, 1.807) is 42.5 Å². The van der Waals surface area contributed by atoms with Gasteiger partial charge in [-0.2, -0.15) is 0 Å². The number of benzene rings is 2. The summed E-state index contributed by atoms with van der Waals surface area (Å²) < 4.78 is 6.20. The lowest BCUT2D eigenvalue weighted by atomic mass is 9.95. The number of anilines is 1. The topological polar surface area (TPSA) is 67.4 Å². The number of halogens is 1. The van der Waals surface area contributed by atoms with Gasteiger partial charge in [0.2, 0.25) is 0 Å². The Bertz CT molecular complexity index is 830. The molecule has 0 bridgehead atoms. The van der Waals surface area contributed by atoms with E-state index in [1.807, 2.05) is 6.92 Å². The van der Waals surface area contributed by atoms with Crippen LogP contribution in [0, 0.1) is 0 Å². The summed E-state index contributed by atoms with van der Waals surface area (Å²) in [6.07, 6.45) is 5.72. The first-order chi connectivity index (χ1) is 13.6. The maximum atomic E-state index is 12.5. The van der Waals surface area contributed by atoms with Gasteiger partial charge in [-0.1, -0.05) is 19.3 Å². The molecule has 0 saturated heterocycles. The Kier molecular flexibility index (Phi) is 7.09. The van der Waals surface area contributed by atoms with E-state index in [4.69, 9.17) is 4.74 Å². The monoisotopic (exact) mass is 444 g/mol. The number of hydrogen-bond donors (Lipinski definition) is 2. The lowest BCUT2D eigenvalue weighted by Gasteiger charge is -2.22. The van der Waals surface area contributed by atoms with Crippen LogP contribution in [0.2, 0.25) is 0 Å². The zero-order chi connectivity index (χ0) is 19.9. The quantitative estimate of drug-likeness (QED) is 0.645. The fraction of sp³-hybridized carbons (Fsp3) is 0.364. The van der Waals surface area contributed by atoms with Crippen molar-refractivity contribution >= 4 is 33.4 Å². The third-order valence-electron chi connectivity index (χ3n) is 4.84. The van der Waals surface area contributed by atoms with E-state index in [1.165, 1.54) is 19.3 Å². The molecule has 2 amide bonds. The van der Waals surface area contributed by atoms with E-state index in [2.05, 4.69) is 26.6 Å². The summed E-state index contributed by atoms with van der Waals surface area (Å²) >= 11 is 3.42. The molecule has 3 rings (SSSR count). The minimum Gasteiger partial charge on any atom is -0.493 e. The second kappa shape index (κ2) is 9.73. The molecule has 28 heavy (non-hydrogen) atoms. The van der Waals surface area contributed by atoms with E-state index < -0.39 is 0 Å². The van der Waals surface area contributed by atoms with Crippen LogP contribution in [-0.4, -0.2) is 24.5 Å². The molecule has 1 saturated carbocycles. The summed E-state index contributed by atoms with van der Waals surface area (Å²) in [5.74, 6) is 0.427. The van der Waals surface area contributed by atoms with E-state index >= 15 is 0 Å². The van der Waals surface area contributed by atoms with Gasteiger partial charge in [-0.3, -0.25) is 9.59 Å². The maximum Gasteiger partial charge on any atom is 0.255 e. The standard InChI is InChI=1S/C22H25BrN2O3/c1-2-28-20-13-10-16(14-19(20)23)22(27)25-18-11-8-15(9-12-18)21(26)24-17-6-4-3-5-7-17/h8-14,17H,2-7H2,1H3,(H,24,26)(H,25,27). The number of amides is 2. The number of ether oxygens (including phenoxy) is 1. The van der Waals surface area contributed by atoms with Crippen molar-refractivity contribution in [3.8, 4) is 5.75 Å². The van der Waals surface area contributed by atoms with Crippen molar-refractivity contribution in [2.45, 2.75) is 45.1 Å². The Balaban J connectivity index is 1.59. The molecule has 0 radical (unpaired) electrons. The van der Waals surface area contributed by atoms with Gasteiger partial charge in [0.25, 0.3) is 11.8 Å². The van der Waals surface area contributed by atoms with Gasteiger partial charge in [0, 0.05) is 22.9 Å². The van der Waals surface area contributed by atoms with Crippen LogP contribution in [0.3, 0.4) is 0 Å². The van der Waals surface area contributed by atoms with Crippen LogP contribution in [0.25, 0.3) is 0 Å². The molecule has 2 aromatic rings. The molecule has 0 spiro atoms. The molecule has 0 atom stereocenters. The molecule has 0 heterocycles. The predicted octanol–water partition coefficient (Wildman–Crippen LogP) is 5.16. The zero-order valence-electron chi connectivity index (χ0n) is 16.0. The largest absolute Gasteiger partial charge is 0.493 e. The summed E-state index contributed by atoms with van der Waals surface area (Å²) in [7, 11) is 0. The molecule has 2 N–H and O–H groups in total. The average molecular weight is 445 g/mol.